The maximum atomic E-state index is 12.8. The lowest BCUT2D eigenvalue weighted by molar-refractivity contribution is 0.468. The average Bonchev–Trinajstić information content (AvgIpc) is 3.23. The number of phenols is 1. The molecule has 96 valence electrons. The van der Waals surface area contributed by atoms with Crippen molar-refractivity contribution in [1.29, 1.82) is 0 Å². The first-order valence-corrected chi connectivity index (χ1v) is 6.49. The summed E-state index contributed by atoms with van der Waals surface area (Å²) in [5.41, 5.74) is 2.94. The van der Waals surface area contributed by atoms with Crippen molar-refractivity contribution in [2.75, 3.05) is 0 Å². The Hall–Kier alpha value is -2.09. The van der Waals surface area contributed by atoms with Crippen LogP contribution in [0.4, 0.5) is 4.39 Å². The van der Waals surface area contributed by atoms with E-state index in [4.69, 9.17) is 0 Å². The third-order valence-electron chi connectivity index (χ3n) is 3.41. The van der Waals surface area contributed by atoms with Gasteiger partial charge in [-0.3, -0.25) is 0 Å². The van der Waals surface area contributed by atoms with Gasteiger partial charge < -0.3 is 5.11 Å². The Kier molecular flexibility index (Phi) is 3.08. The second-order valence-electron chi connectivity index (χ2n) is 4.98. The maximum absolute atomic E-state index is 12.8. The lowest BCUT2D eigenvalue weighted by atomic mass is 10.1. The van der Waals surface area contributed by atoms with Crippen LogP contribution in [-0.4, -0.2) is 5.11 Å². The van der Waals surface area contributed by atoms with Gasteiger partial charge >= 0.3 is 0 Å². The Balaban J connectivity index is 1.79. The summed E-state index contributed by atoms with van der Waals surface area (Å²) in [5, 5.41) is 9.95. The molecule has 0 saturated heterocycles. The fraction of sp³-hybridized carbons (Fsp3) is 0.176. The molecule has 2 aromatic rings. The Morgan fingerprint density at radius 1 is 0.947 bits per heavy atom. The number of rotatable bonds is 3. The van der Waals surface area contributed by atoms with E-state index in [0.29, 0.717) is 11.7 Å². The number of phenolic OH excluding ortho intramolecular Hbond substituents is 1. The average molecular weight is 254 g/mol. The molecule has 1 nitrogen and oxygen atoms in total. The highest BCUT2D eigenvalue weighted by Crippen LogP contribution is 2.44. The summed E-state index contributed by atoms with van der Waals surface area (Å²) in [4.78, 5) is 0. The molecule has 0 heterocycles. The van der Waals surface area contributed by atoms with Gasteiger partial charge in [-0.05, 0) is 53.6 Å². The normalized spacial score (nSPS) is 15.0. The molecule has 2 heteroatoms. The molecule has 0 amide bonds. The molecule has 0 aromatic heterocycles. The molecular weight excluding hydrogens is 239 g/mol. The van der Waals surface area contributed by atoms with E-state index in [1.807, 2.05) is 24.3 Å². The number of hydrogen-bond acceptors (Lipinski definition) is 1. The van der Waals surface area contributed by atoms with E-state index >= 15 is 0 Å². The summed E-state index contributed by atoms with van der Waals surface area (Å²) in [6, 6.07) is 12.1. The van der Waals surface area contributed by atoms with E-state index in [1.165, 1.54) is 25.0 Å². The van der Waals surface area contributed by atoms with Gasteiger partial charge in [0.15, 0.2) is 0 Å². The van der Waals surface area contributed by atoms with Gasteiger partial charge in [-0.1, -0.05) is 36.4 Å². The van der Waals surface area contributed by atoms with E-state index < -0.39 is 0 Å². The molecule has 2 aromatic carbocycles. The quantitative estimate of drug-likeness (QED) is 0.795. The summed E-state index contributed by atoms with van der Waals surface area (Å²) in [7, 11) is 0. The Bertz CT molecular complexity index is 610. The van der Waals surface area contributed by atoms with Crippen LogP contribution in [0.1, 0.15) is 35.4 Å². The molecule has 1 aliphatic rings. The van der Waals surface area contributed by atoms with Gasteiger partial charge in [-0.2, -0.15) is 0 Å². The van der Waals surface area contributed by atoms with E-state index in [-0.39, 0.29) is 5.82 Å². The zero-order chi connectivity index (χ0) is 13.2. The van der Waals surface area contributed by atoms with Gasteiger partial charge in [-0.25, -0.2) is 4.39 Å². The van der Waals surface area contributed by atoms with Crippen LogP contribution in [0.2, 0.25) is 0 Å². The van der Waals surface area contributed by atoms with E-state index in [9.17, 15) is 9.50 Å². The monoisotopic (exact) mass is 254 g/mol. The van der Waals surface area contributed by atoms with Crippen LogP contribution in [0, 0.1) is 5.82 Å². The van der Waals surface area contributed by atoms with Crippen molar-refractivity contribution in [3.63, 3.8) is 0 Å². The highest BCUT2D eigenvalue weighted by molar-refractivity contribution is 5.70. The molecule has 0 bridgehead atoms. The number of halogens is 1. The molecule has 1 saturated carbocycles. The topological polar surface area (TPSA) is 20.2 Å². The predicted molar refractivity (Wildman–Crippen MR) is 75.4 cm³/mol. The summed E-state index contributed by atoms with van der Waals surface area (Å²) in [5.74, 6) is 0.697. The van der Waals surface area contributed by atoms with Crippen molar-refractivity contribution in [2.45, 2.75) is 18.8 Å². The van der Waals surface area contributed by atoms with Crippen LogP contribution in [0.5, 0.6) is 5.75 Å². The van der Waals surface area contributed by atoms with Gasteiger partial charge in [0, 0.05) is 0 Å². The number of aromatic hydroxyl groups is 1. The molecule has 0 spiro atoms. The fourth-order valence-electron chi connectivity index (χ4n) is 2.17. The van der Waals surface area contributed by atoms with E-state index in [1.54, 1.807) is 18.2 Å². The number of hydrogen-bond donors (Lipinski definition) is 1. The molecule has 1 fully saturated rings. The maximum Gasteiger partial charge on any atom is 0.123 e. The van der Waals surface area contributed by atoms with Gasteiger partial charge in [0.2, 0.25) is 0 Å². The summed E-state index contributed by atoms with van der Waals surface area (Å²) in [6.07, 6.45) is 6.19. The minimum absolute atomic E-state index is 0.233. The van der Waals surface area contributed by atoms with Gasteiger partial charge in [0.05, 0.1) is 0 Å². The lowest BCUT2D eigenvalue weighted by Crippen LogP contribution is -1.82. The van der Waals surface area contributed by atoms with Crippen molar-refractivity contribution < 1.29 is 9.50 Å². The summed E-state index contributed by atoms with van der Waals surface area (Å²) in [6.45, 7) is 0. The minimum Gasteiger partial charge on any atom is -0.508 e. The summed E-state index contributed by atoms with van der Waals surface area (Å²) >= 11 is 0. The smallest absolute Gasteiger partial charge is 0.123 e. The highest BCUT2D eigenvalue weighted by Gasteiger charge is 2.25. The minimum atomic E-state index is -0.233. The van der Waals surface area contributed by atoms with Crippen molar-refractivity contribution >= 4 is 12.2 Å². The highest BCUT2D eigenvalue weighted by atomic mass is 19.1. The molecule has 0 unspecified atom stereocenters. The molecular formula is C17H15FO. The zero-order valence-corrected chi connectivity index (χ0v) is 10.5. The SMILES string of the molecule is Oc1cc(/C=C/c2ccc(F)cc2)ccc1C1CC1. The lowest BCUT2D eigenvalue weighted by Gasteiger charge is -2.03. The Morgan fingerprint density at radius 2 is 1.58 bits per heavy atom. The third-order valence-corrected chi connectivity index (χ3v) is 3.41. The van der Waals surface area contributed by atoms with Crippen LogP contribution >= 0.6 is 0 Å². The largest absolute Gasteiger partial charge is 0.508 e. The first-order valence-electron chi connectivity index (χ1n) is 6.49. The van der Waals surface area contributed by atoms with Crippen molar-refractivity contribution in [3.05, 3.63) is 65.0 Å². The molecule has 1 aliphatic carbocycles. The Morgan fingerprint density at radius 3 is 2.21 bits per heavy atom. The van der Waals surface area contributed by atoms with Crippen LogP contribution in [-0.2, 0) is 0 Å². The second-order valence-corrected chi connectivity index (χ2v) is 4.98. The van der Waals surface area contributed by atoms with E-state index in [2.05, 4.69) is 0 Å². The first kappa shape index (κ1) is 12.0. The molecule has 3 rings (SSSR count). The molecule has 0 radical (unpaired) electrons. The third kappa shape index (κ3) is 2.84. The molecule has 19 heavy (non-hydrogen) atoms. The van der Waals surface area contributed by atoms with Crippen molar-refractivity contribution in [2.24, 2.45) is 0 Å². The number of benzene rings is 2. The predicted octanol–water partition coefficient (Wildman–Crippen LogP) is 4.58. The first-order chi connectivity index (χ1) is 9.22. The molecule has 0 aliphatic heterocycles. The van der Waals surface area contributed by atoms with Gasteiger partial charge in [-0.15, -0.1) is 0 Å². The summed E-state index contributed by atoms with van der Waals surface area (Å²) < 4.78 is 12.8. The van der Waals surface area contributed by atoms with Gasteiger partial charge in [0.1, 0.15) is 11.6 Å². The van der Waals surface area contributed by atoms with E-state index in [0.717, 1.165) is 16.7 Å². The van der Waals surface area contributed by atoms with Crippen LogP contribution < -0.4 is 0 Å². The van der Waals surface area contributed by atoms with Crippen LogP contribution in [0.25, 0.3) is 12.2 Å². The standard InChI is InChI=1S/C17H15FO/c18-15-8-3-12(4-9-15)1-2-13-5-10-16(14-6-7-14)17(19)11-13/h1-5,8-11,14,19H,6-7H2/b2-1+. The van der Waals surface area contributed by atoms with Gasteiger partial charge in [0.25, 0.3) is 0 Å². The molecule has 0 atom stereocenters. The van der Waals surface area contributed by atoms with Crippen LogP contribution in [0.3, 0.4) is 0 Å². The zero-order valence-electron chi connectivity index (χ0n) is 10.5. The second kappa shape index (κ2) is 4.88. The fourth-order valence-corrected chi connectivity index (χ4v) is 2.17. The van der Waals surface area contributed by atoms with Crippen molar-refractivity contribution in [3.8, 4) is 5.75 Å². The van der Waals surface area contributed by atoms with Crippen molar-refractivity contribution in [1.82, 2.24) is 0 Å². The van der Waals surface area contributed by atoms with Crippen LogP contribution in [0.15, 0.2) is 42.5 Å². The molecule has 1 N–H and O–H groups in total. The Labute approximate surface area is 112 Å².